The fourth-order valence-electron chi connectivity index (χ4n) is 4.60. The van der Waals surface area contributed by atoms with E-state index in [1.165, 1.54) is 12.0 Å². The summed E-state index contributed by atoms with van der Waals surface area (Å²) in [6, 6.07) is 8.86. The number of halogens is 1. The number of rotatable bonds is 6. The first kappa shape index (κ1) is 23.1. The standard InChI is InChI=1S/C23H33N5O.HI/c1-2-24-23(27-16-12-20(18-27)26-14-5-6-15-26)25-13-7-10-22(29)28-17-11-19-8-3-4-9-21(19)28;/h3-6,8-9,20H,2,7,10-18H2,1H3,(H,24,25);1H. The molecule has 3 aliphatic heterocycles. The molecule has 1 amide bonds. The highest BCUT2D eigenvalue weighted by Crippen LogP contribution is 2.28. The number of anilines is 1. The Balaban J connectivity index is 0.00000256. The molecular formula is C23H34IN5O. The lowest BCUT2D eigenvalue weighted by atomic mass is 10.2. The van der Waals surface area contributed by atoms with Crippen molar-refractivity contribution in [3.05, 3.63) is 42.0 Å². The van der Waals surface area contributed by atoms with Crippen LogP contribution in [0.4, 0.5) is 5.69 Å². The zero-order valence-corrected chi connectivity index (χ0v) is 20.3. The Bertz CT molecular complexity index is 773. The molecule has 1 atom stereocenters. The highest BCUT2D eigenvalue weighted by Gasteiger charge is 2.29. The smallest absolute Gasteiger partial charge is 0.227 e. The van der Waals surface area contributed by atoms with Crippen LogP contribution in [0.1, 0.15) is 31.7 Å². The number of fused-ring (bicyclic) bond motifs is 1. The summed E-state index contributed by atoms with van der Waals surface area (Å²) >= 11 is 0. The van der Waals surface area contributed by atoms with E-state index in [1.807, 2.05) is 17.0 Å². The number of nitrogens with zero attached hydrogens (tertiary/aromatic N) is 4. The van der Waals surface area contributed by atoms with Gasteiger partial charge < -0.3 is 15.1 Å². The molecule has 1 fully saturated rings. The van der Waals surface area contributed by atoms with Gasteiger partial charge in [-0.25, -0.2) is 0 Å². The van der Waals surface area contributed by atoms with Crippen molar-refractivity contribution in [3.8, 4) is 0 Å². The molecule has 0 spiro atoms. The molecule has 0 aliphatic carbocycles. The molecule has 1 aromatic rings. The van der Waals surface area contributed by atoms with Crippen molar-refractivity contribution in [2.75, 3.05) is 50.7 Å². The van der Waals surface area contributed by atoms with Crippen molar-refractivity contribution in [1.82, 2.24) is 15.1 Å². The predicted octanol–water partition coefficient (Wildman–Crippen LogP) is 2.89. The molecule has 1 N–H and O–H groups in total. The summed E-state index contributed by atoms with van der Waals surface area (Å²) < 4.78 is 0. The molecule has 1 aromatic carbocycles. The minimum absolute atomic E-state index is 0. The van der Waals surface area contributed by atoms with Crippen molar-refractivity contribution in [2.24, 2.45) is 4.99 Å². The van der Waals surface area contributed by atoms with Gasteiger partial charge in [-0.2, -0.15) is 0 Å². The van der Waals surface area contributed by atoms with Gasteiger partial charge in [0.15, 0.2) is 5.96 Å². The Labute approximate surface area is 197 Å². The van der Waals surface area contributed by atoms with Gasteiger partial charge in [0.05, 0.1) is 0 Å². The molecule has 0 radical (unpaired) electrons. The van der Waals surface area contributed by atoms with Gasteiger partial charge in [0.2, 0.25) is 5.91 Å². The number of hydrogen-bond acceptors (Lipinski definition) is 3. The average Bonchev–Trinajstić information content (AvgIpc) is 3.49. The molecule has 3 aliphatic rings. The highest BCUT2D eigenvalue weighted by atomic mass is 127. The Morgan fingerprint density at radius 2 is 2.00 bits per heavy atom. The first-order chi connectivity index (χ1) is 14.3. The van der Waals surface area contributed by atoms with Crippen molar-refractivity contribution < 1.29 is 4.79 Å². The Hall–Kier alpha value is -1.61. The van der Waals surface area contributed by atoms with Gasteiger partial charge in [0.25, 0.3) is 0 Å². The lowest BCUT2D eigenvalue weighted by molar-refractivity contribution is -0.118. The molecule has 3 heterocycles. The molecule has 7 heteroatoms. The minimum Gasteiger partial charge on any atom is -0.357 e. The largest absolute Gasteiger partial charge is 0.357 e. The van der Waals surface area contributed by atoms with Crippen molar-refractivity contribution in [3.63, 3.8) is 0 Å². The predicted molar refractivity (Wildman–Crippen MR) is 134 cm³/mol. The van der Waals surface area contributed by atoms with E-state index >= 15 is 0 Å². The second kappa shape index (κ2) is 11.1. The number of carbonyl (C=O) groups excluding carboxylic acids is 1. The van der Waals surface area contributed by atoms with Gasteiger partial charge in [-0.15, -0.1) is 24.0 Å². The first-order valence-corrected chi connectivity index (χ1v) is 11.1. The van der Waals surface area contributed by atoms with Crippen LogP contribution in [-0.4, -0.2) is 73.5 Å². The lowest BCUT2D eigenvalue weighted by Crippen LogP contribution is -2.42. The van der Waals surface area contributed by atoms with Gasteiger partial charge in [-0.05, 0) is 37.8 Å². The number of para-hydroxylation sites is 1. The number of nitrogens with one attached hydrogen (secondary N) is 1. The number of likely N-dealkylation sites (tertiary alicyclic amines) is 1. The second-order valence-corrected chi connectivity index (χ2v) is 8.08. The third-order valence-corrected chi connectivity index (χ3v) is 6.16. The van der Waals surface area contributed by atoms with Crippen LogP contribution in [0.15, 0.2) is 41.4 Å². The van der Waals surface area contributed by atoms with Crippen LogP contribution in [0, 0.1) is 0 Å². The number of aliphatic imine (C=N–C) groups is 1. The normalized spacial score (nSPS) is 21.1. The third-order valence-electron chi connectivity index (χ3n) is 6.16. The van der Waals surface area contributed by atoms with Crippen LogP contribution in [-0.2, 0) is 11.2 Å². The van der Waals surface area contributed by atoms with Crippen LogP contribution in [0.2, 0.25) is 0 Å². The van der Waals surface area contributed by atoms with Gasteiger partial charge in [-0.1, -0.05) is 30.4 Å². The molecule has 1 saturated heterocycles. The molecule has 4 rings (SSSR count). The molecule has 30 heavy (non-hydrogen) atoms. The number of benzene rings is 1. The van der Waals surface area contributed by atoms with Crippen LogP contribution >= 0.6 is 24.0 Å². The topological polar surface area (TPSA) is 51.2 Å². The van der Waals surface area contributed by atoms with E-state index in [-0.39, 0.29) is 29.9 Å². The summed E-state index contributed by atoms with van der Waals surface area (Å²) in [7, 11) is 0. The average molecular weight is 523 g/mol. The van der Waals surface area contributed by atoms with Crippen LogP contribution in [0.25, 0.3) is 0 Å². The fraction of sp³-hybridized carbons (Fsp3) is 0.565. The van der Waals surface area contributed by atoms with E-state index in [1.54, 1.807) is 0 Å². The fourth-order valence-corrected chi connectivity index (χ4v) is 4.60. The Kier molecular flexibility index (Phi) is 8.56. The van der Waals surface area contributed by atoms with Gasteiger partial charge in [0.1, 0.15) is 0 Å². The maximum Gasteiger partial charge on any atom is 0.227 e. The number of carbonyl (C=O) groups is 1. The summed E-state index contributed by atoms with van der Waals surface area (Å²) in [5.74, 6) is 1.22. The van der Waals surface area contributed by atoms with E-state index in [0.717, 1.165) is 63.8 Å². The SMILES string of the molecule is CCNC(=NCCCC(=O)N1CCc2ccccc21)N1CCC(N2CC=CC2)C1.I. The van der Waals surface area contributed by atoms with E-state index in [0.29, 0.717) is 19.0 Å². The van der Waals surface area contributed by atoms with Crippen LogP contribution in [0.5, 0.6) is 0 Å². The summed E-state index contributed by atoms with van der Waals surface area (Å²) in [6.45, 7) is 8.73. The zero-order valence-electron chi connectivity index (χ0n) is 17.9. The number of hydrogen-bond donors (Lipinski definition) is 1. The summed E-state index contributed by atoms with van der Waals surface area (Å²) in [5, 5.41) is 3.44. The molecule has 0 bridgehead atoms. The number of guanidine groups is 1. The molecule has 0 aromatic heterocycles. The molecule has 164 valence electrons. The van der Waals surface area contributed by atoms with Gasteiger partial charge in [0, 0.05) is 64.0 Å². The third kappa shape index (κ3) is 5.35. The quantitative estimate of drug-likeness (QED) is 0.205. The van der Waals surface area contributed by atoms with E-state index < -0.39 is 0 Å². The maximum atomic E-state index is 12.7. The van der Waals surface area contributed by atoms with Crippen LogP contribution in [0.3, 0.4) is 0 Å². The van der Waals surface area contributed by atoms with Gasteiger partial charge >= 0.3 is 0 Å². The van der Waals surface area contributed by atoms with Crippen LogP contribution < -0.4 is 10.2 Å². The van der Waals surface area contributed by atoms with Crippen molar-refractivity contribution in [1.29, 1.82) is 0 Å². The van der Waals surface area contributed by atoms with E-state index in [2.05, 4.69) is 46.3 Å². The zero-order chi connectivity index (χ0) is 20.1. The maximum absolute atomic E-state index is 12.7. The minimum atomic E-state index is 0. The first-order valence-electron chi connectivity index (χ1n) is 11.1. The van der Waals surface area contributed by atoms with E-state index in [4.69, 9.17) is 4.99 Å². The Morgan fingerprint density at radius 1 is 1.20 bits per heavy atom. The van der Waals surface area contributed by atoms with E-state index in [9.17, 15) is 4.79 Å². The molecule has 6 nitrogen and oxygen atoms in total. The summed E-state index contributed by atoms with van der Waals surface area (Å²) in [4.78, 5) is 24.4. The van der Waals surface area contributed by atoms with Crippen molar-refractivity contribution >= 4 is 41.5 Å². The summed E-state index contributed by atoms with van der Waals surface area (Å²) in [6.07, 6.45) is 8.03. The second-order valence-electron chi connectivity index (χ2n) is 8.08. The lowest BCUT2D eigenvalue weighted by Gasteiger charge is -2.25. The monoisotopic (exact) mass is 523 g/mol. The molecule has 0 saturated carbocycles. The van der Waals surface area contributed by atoms with Gasteiger partial charge in [-0.3, -0.25) is 14.7 Å². The Morgan fingerprint density at radius 3 is 2.80 bits per heavy atom. The highest BCUT2D eigenvalue weighted by molar-refractivity contribution is 14.0. The summed E-state index contributed by atoms with van der Waals surface area (Å²) in [5.41, 5.74) is 2.37. The van der Waals surface area contributed by atoms with Crippen molar-refractivity contribution in [2.45, 2.75) is 38.6 Å². The molecule has 1 unspecified atom stereocenters. The molecular weight excluding hydrogens is 489 g/mol. The number of amides is 1.